The third-order valence-corrected chi connectivity index (χ3v) is 1.40. The molecule has 0 fully saturated rings. The summed E-state index contributed by atoms with van der Waals surface area (Å²) in [5.74, 6) is 0.560. The van der Waals surface area contributed by atoms with Crippen LogP contribution in [0.15, 0.2) is 17.7 Å². The van der Waals surface area contributed by atoms with Gasteiger partial charge in [-0.2, -0.15) is 6.08 Å². The van der Waals surface area contributed by atoms with E-state index < -0.39 is 0 Å². The smallest absolute Gasteiger partial charge is 0 e. The van der Waals surface area contributed by atoms with Crippen LogP contribution in [0.25, 0.3) is 0 Å². The maximum Gasteiger partial charge on any atom is 0 e. The zero-order valence-electron chi connectivity index (χ0n) is 6.76. The molecule has 11 heavy (non-hydrogen) atoms. The quantitative estimate of drug-likeness (QED) is 0.477. The molecule has 0 amide bonds. The predicted molar refractivity (Wildman–Crippen MR) is 49.8 cm³/mol. The maximum absolute atomic E-state index is 3.20. The fraction of sp³-hybridized carbons (Fsp3) is 0.500. The summed E-state index contributed by atoms with van der Waals surface area (Å²) in [5.41, 5.74) is 1.43. The molecule has 64 valence electrons. The van der Waals surface area contributed by atoms with Gasteiger partial charge in [-0.15, -0.1) is 24.8 Å². The molecule has 0 aromatic carbocycles. The van der Waals surface area contributed by atoms with Crippen molar-refractivity contribution in [3.8, 4) is 0 Å². The van der Waals surface area contributed by atoms with Crippen molar-refractivity contribution in [3.63, 3.8) is 0 Å². The third-order valence-electron chi connectivity index (χ3n) is 1.40. The van der Waals surface area contributed by atoms with Gasteiger partial charge in [0.25, 0.3) is 0 Å². The van der Waals surface area contributed by atoms with Crippen LogP contribution in [0.1, 0.15) is 20.3 Å². The zero-order chi connectivity index (χ0) is 5.98. The second kappa shape index (κ2) is 8.87. The molecular formula is C8H13Cl2Ti-. The normalized spacial score (nSPS) is 19.1. The van der Waals surface area contributed by atoms with Gasteiger partial charge in [0.05, 0.1) is 0 Å². The molecule has 1 aliphatic carbocycles. The molecule has 1 atom stereocenters. The summed E-state index contributed by atoms with van der Waals surface area (Å²) >= 11 is 0. The maximum atomic E-state index is 3.20. The second-order valence-electron chi connectivity index (χ2n) is 2.19. The molecule has 0 heterocycles. The molecule has 1 unspecified atom stereocenters. The van der Waals surface area contributed by atoms with Crippen LogP contribution in [0, 0.1) is 12.0 Å². The number of rotatable bonds is 1. The van der Waals surface area contributed by atoms with Gasteiger partial charge in [-0.25, -0.2) is 11.6 Å². The minimum atomic E-state index is 0. The second-order valence-corrected chi connectivity index (χ2v) is 2.19. The molecule has 0 radical (unpaired) electrons. The van der Waals surface area contributed by atoms with Crippen molar-refractivity contribution >= 4 is 24.8 Å². The molecule has 0 aromatic rings. The first kappa shape index (κ1) is 17.8. The van der Waals surface area contributed by atoms with Crippen molar-refractivity contribution in [3.05, 3.63) is 23.8 Å². The Morgan fingerprint density at radius 3 is 2.18 bits per heavy atom. The van der Waals surface area contributed by atoms with Crippen molar-refractivity contribution in [2.45, 2.75) is 20.3 Å². The number of halogens is 2. The van der Waals surface area contributed by atoms with E-state index in [1.165, 1.54) is 5.57 Å². The first-order valence-corrected chi connectivity index (χ1v) is 3.13. The third kappa shape index (κ3) is 5.98. The van der Waals surface area contributed by atoms with Crippen LogP contribution in [-0.2, 0) is 21.7 Å². The molecule has 0 aliphatic heterocycles. The fourth-order valence-corrected chi connectivity index (χ4v) is 0.876. The first-order chi connectivity index (χ1) is 3.83. The van der Waals surface area contributed by atoms with E-state index in [1.54, 1.807) is 0 Å². The van der Waals surface area contributed by atoms with Crippen molar-refractivity contribution in [1.82, 2.24) is 0 Å². The van der Waals surface area contributed by atoms with Crippen LogP contribution < -0.4 is 0 Å². The van der Waals surface area contributed by atoms with E-state index in [0.717, 1.165) is 6.42 Å². The standard InChI is InChI=1S/C8H11.2ClH.Ti/c1-3-8-5-4-7(2)6-8;;;/h5-7H,3H2,1-2H3;2*1H;/q-1;;;. The van der Waals surface area contributed by atoms with Gasteiger partial charge in [-0.05, 0) is 0 Å². The molecule has 0 spiro atoms. The molecule has 0 saturated heterocycles. The summed E-state index contributed by atoms with van der Waals surface area (Å²) in [6.07, 6.45) is 8.69. The Morgan fingerprint density at radius 2 is 2.00 bits per heavy atom. The van der Waals surface area contributed by atoms with Gasteiger partial charge in [0.2, 0.25) is 0 Å². The Bertz CT molecular complexity index is 141. The van der Waals surface area contributed by atoms with Crippen LogP contribution >= 0.6 is 24.8 Å². The molecular weight excluding hydrogens is 215 g/mol. The van der Waals surface area contributed by atoms with Gasteiger partial charge in [0, 0.05) is 21.7 Å². The van der Waals surface area contributed by atoms with Gasteiger partial charge in [0.15, 0.2) is 0 Å². The SMILES string of the molecule is CCC1=CC(C)[C-]=C1.Cl.Cl.[Ti]. The molecule has 3 heteroatoms. The largest absolute Gasteiger partial charge is 0.270 e. The average Bonchev–Trinajstić information content (AvgIpc) is 2.14. The number of hydrogen-bond donors (Lipinski definition) is 0. The van der Waals surface area contributed by atoms with Crippen LogP contribution in [0.3, 0.4) is 0 Å². The van der Waals surface area contributed by atoms with E-state index in [9.17, 15) is 0 Å². The predicted octanol–water partition coefficient (Wildman–Crippen LogP) is 3.17. The molecule has 1 aliphatic rings. The molecule has 0 nitrogen and oxygen atoms in total. The minimum Gasteiger partial charge on any atom is -0.270 e. The monoisotopic (exact) mass is 227 g/mol. The van der Waals surface area contributed by atoms with Gasteiger partial charge < -0.3 is 0 Å². The van der Waals surface area contributed by atoms with Gasteiger partial charge in [-0.3, -0.25) is 6.08 Å². The Hall–Kier alpha value is 0.774. The van der Waals surface area contributed by atoms with Crippen LogP contribution in [0.4, 0.5) is 0 Å². The minimum absolute atomic E-state index is 0. The van der Waals surface area contributed by atoms with Gasteiger partial charge in [-0.1, -0.05) is 26.2 Å². The Labute approximate surface area is 96.2 Å². The Balaban J connectivity index is -0.000000213. The van der Waals surface area contributed by atoms with E-state index in [4.69, 9.17) is 0 Å². The number of allylic oxidation sites excluding steroid dienone is 4. The van der Waals surface area contributed by atoms with Crippen molar-refractivity contribution in [2.24, 2.45) is 5.92 Å². The summed E-state index contributed by atoms with van der Waals surface area (Å²) < 4.78 is 0. The summed E-state index contributed by atoms with van der Waals surface area (Å²) in [6.45, 7) is 4.32. The van der Waals surface area contributed by atoms with Gasteiger partial charge in [0.1, 0.15) is 0 Å². The molecule has 1 rings (SSSR count). The van der Waals surface area contributed by atoms with Crippen LogP contribution in [-0.4, -0.2) is 0 Å². The van der Waals surface area contributed by atoms with E-state index in [-0.39, 0.29) is 46.5 Å². The Kier molecular flexibility index (Phi) is 14.3. The van der Waals surface area contributed by atoms with Crippen molar-refractivity contribution in [2.75, 3.05) is 0 Å². The molecule has 0 bridgehead atoms. The summed E-state index contributed by atoms with van der Waals surface area (Å²) in [6, 6.07) is 0. The molecule has 0 N–H and O–H groups in total. The topological polar surface area (TPSA) is 0 Å². The zero-order valence-corrected chi connectivity index (χ0v) is 9.95. The first-order valence-electron chi connectivity index (χ1n) is 3.13. The summed E-state index contributed by atoms with van der Waals surface area (Å²) in [5, 5.41) is 0. The van der Waals surface area contributed by atoms with E-state index >= 15 is 0 Å². The van der Waals surface area contributed by atoms with Crippen molar-refractivity contribution < 1.29 is 21.7 Å². The van der Waals surface area contributed by atoms with Crippen LogP contribution in [0.2, 0.25) is 0 Å². The molecule has 0 aromatic heterocycles. The summed E-state index contributed by atoms with van der Waals surface area (Å²) in [7, 11) is 0. The fourth-order valence-electron chi connectivity index (χ4n) is 0.876. The van der Waals surface area contributed by atoms with Crippen LogP contribution in [0.5, 0.6) is 0 Å². The summed E-state index contributed by atoms with van der Waals surface area (Å²) in [4.78, 5) is 0. The van der Waals surface area contributed by atoms with E-state index in [0.29, 0.717) is 5.92 Å². The average molecular weight is 228 g/mol. The molecule has 0 saturated carbocycles. The van der Waals surface area contributed by atoms with E-state index in [1.807, 2.05) is 0 Å². The Morgan fingerprint density at radius 1 is 1.45 bits per heavy atom. The van der Waals surface area contributed by atoms with Crippen molar-refractivity contribution in [1.29, 1.82) is 0 Å². The van der Waals surface area contributed by atoms with Gasteiger partial charge >= 0.3 is 0 Å². The number of hydrogen-bond acceptors (Lipinski definition) is 0. The van der Waals surface area contributed by atoms with E-state index in [2.05, 4.69) is 32.1 Å².